The minimum Gasteiger partial charge on any atom is -0.497 e. The molecule has 1 N–H and O–H groups in total. The Morgan fingerprint density at radius 1 is 1.07 bits per heavy atom. The minimum absolute atomic E-state index is 0.181. The molecule has 0 amide bonds. The lowest BCUT2D eigenvalue weighted by molar-refractivity contribution is -0.936. The minimum atomic E-state index is 0.181. The fourth-order valence-corrected chi connectivity index (χ4v) is 5.30. The summed E-state index contributed by atoms with van der Waals surface area (Å²) in [6.45, 7) is 4.35. The first kappa shape index (κ1) is 19.2. The quantitative estimate of drug-likeness (QED) is 0.530. The molecular formula is C23H25N4O2S+. The van der Waals surface area contributed by atoms with Crippen molar-refractivity contribution in [3.63, 3.8) is 0 Å². The van der Waals surface area contributed by atoms with E-state index in [4.69, 9.17) is 14.1 Å². The normalized spacial score (nSPS) is 20.3. The number of benzene rings is 2. The van der Waals surface area contributed by atoms with E-state index in [2.05, 4.69) is 41.4 Å². The highest BCUT2D eigenvalue weighted by Crippen LogP contribution is 2.32. The number of fused-ring (bicyclic) bond motifs is 1. The van der Waals surface area contributed by atoms with Crippen molar-refractivity contribution in [1.29, 1.82) is 0 Å². The van der Waals surface area contributed by atoms with Crippen LogP contribution < -0.4 is 9.64 Å². The van der Waals surface area contributed by atoms with Crippen molar-refractivity contribution >= 4 is 21.6 Å². The Bertz CT molecular complexity index is 1100. The Balaban J connectivity index is 1.24. The van der Waals surface area contributed by atoms with Gasteiger partial charge in [0.05, 0.1) is 35.4 Å². The molecule has 7 heteroatoms. The summed E-state index contributed by atoms with van der Waals surface area (Å²) in [5.74, 6) is 2.63. The molecule has 1 aliphatic heterocycles. The van der Waals surface area contributed by atoms with E-state index in [1.165, 1.54) is 14.6 Å². The lowest BCUT2D eigenvalue weighted by Crippen LogP contribution is -3.13. The molecule has 2 aromatic carbocycles. The third-order valence-electron chi connectivity index (χ3n) is 6.05. The van der Waals surface area contributed by atoms with E-state index in [9.17, 15) is 0 Å². The van der Waals surface area contributed by atoms with E-state index in [1.54, 1.807) is 7.11 Å². The van der Waals surface area contributed by atoms with E-state index in [0.29, 0.717) is 17.7 Å². The number of methoxy groups -OCH3 is 1. The second-order valence-electron chi connectivity index (χ2n) is 7.85. The monoisotopic (exact) mass is 421 g/mol. The smallest absolute Gasteiger partial charge is 0.274 e. The average Bonchev–Trinajstić information content (AvgIpc) is 3.46. The van der Waals surface area contributed by atoms with Crippen LogP contribution >= 0.6 is 11.3 Å². The van der Waals surface area contributed by atoms with Gasteiger partial charge in [0.15, 0.2) is 6.04 Å². The fraction of sp³-hybridized carbons (Fsp3) is 0.348. The van der Waals surface area contributed by atoms with E-state index in [1.807, 2.05) is 35.6 Å². The number of nitrogens with zero attached hydrogens (tertiary/aromatic N) is 3. The number of thiazole rings is 1. The Morgan fingerprint density at radius 2 is 1.83 bits per heavy atom. The predicted octanol–water partition coefficient (Wildman–Crippen LogP) is 3.88. The second kappa shape index (κ2) is 8.16. The third-order valence-corrected chi connectivity index (χ3v) is 7.25. The van der Waals surface area contributed by atoms with Crippen LogP contribution in [0, 0.1) is 0 Å². The number of piperidine rings is 1. The molecule has 30 heavy (non-hydrogen) atoms. The van der Waals surface area contributed by atoms with Crippen molar-refractivity contribution in [2.45, 2.75) is 31.7 Å². The maximum Gasteiger partial charge on any atom is 0.274 e. The number of rotatable bonds is 5. The van der Waals surface area contributed by atoms with Gasteiger partial charge in [-0.15, -0.1) is 21.5 Å². The number of nitrogens with one attached hydrogen (secondary N) is 1. The SMILES string of the molecule is COc1ccc(-c2nnc([C@@H](C)[NH+]3CCC(c4nc5ccccc5s4)CC3)o2)cc1. The van der Waals surface area contributed by atoms with Gasteiger partial charge in [0.25, 0.3) is 5.89 Å². The van der Waals surface area contributed by atoms with Crippen LogP contribution in [0.3, 0.4) is 0 Å². The van der Waals surface area contributed by atoms with Crippen LogP contribution in [0.25, 0.3) is 21.7 Å². The summed E-state index contributed by atoms with van der Waals surface area (Å²) in [6.07, 6.45) is 2.28. The Kier molecular flexibility index (Phi) is 5.23. The summed E-state index contributed by atoms with van der Waals surface area (Å²) in [5, 5.41) is 9.88. The molecule has 1 saturated heterocycles. The molecule has 0 saturated carbocycles. The summed E-state index contributed by atoms with van der Waals surface area (Å²) in [5.41, 5.74) is 2.03. The van der Waals surface area contributed by atoms with Crippen LogP contribution in [0.5, 0.6) is 5.75 Å². The van der Waals surface area contributed by atoms with Crippen molar-refractivity contribution in [2.75, 3.05) is 20.2 Å². The van der Waals surface area contributed by atoms with Crippen LogP contribution in [0.4, 0.5) is 0 Å². The largest absolute Gasteiger partial charge is 0.497 e. The van der Waals surface area contributed by atoms with Crippen LogP contribution in [-0.4, -0.2) is 35.4 Å². The van der Waals surface area contributed by atoms with E-state index >= 15 is 0 Å². The molecule has 0 radical (unpaired) electrons. The molecule has 0 aliphatic carbocycles. The van der Waals surface area contributed by atoms with Gasteiger partial charge in [0.2, 0.25) is 5.89 Å². The summed E-state index contributed by atoms with van der Waals surface area (Å²) < 4.78 is 12.5. The summed E-state index contributed by atoms with van der Waals surface area (Å²) in [7, 11) is 1.66. The molecule has 6 nitrogen and oxygen atoms in total. The zero-order valence-corrected chi connectivity index (χ0v) is 18.0. The Morgan fingerprint density at radius 3 is 2.57 bits per heavy atom. The van der Waals surface area contributed by atoms with Gasteiger partial charge in [-0.25, -0.2) is 4.98 Å². The molecular weight excluding hydrogens is 396 g/mol. The molecule has 3 heterocycles. The van der Waals surface area contributed by atoms with Gasteiger partial charge in [0.1, 0.15) is 5.75 Å². The van der Waals surface area contributed by atoms with Crippen molar-refractivity contribution in [3.05, 3.63) is 59.4 Å². The molecule has 5 rings (SSSR count). The molecule has 1 aliphatic rings. The number of quaternary nitrogens is 1. The van der Waals surface area contributed by atoms with Gasteiger partial charge in [-0.05, 0) is 43.3 Å². The highest BCUT2D eigenvalue weighted by Gasteiger charge is 2.32. The maximum atomic E-state index is 6.02. The van der Waals surface area contributed by atoms with Crippen molar-refractivity contribution in [2.24, 2.45) is 0 Å². The van der Waals surface area contributed by atoms with Gasteiger partial charge in [0, 0.05) is 24.3 Å². The summed E-state index contributed by atoms with van der Waals surface area (Å²) in [6, 6.07) is 16.3. The zero-order valence-electron chi connectivity index (χ0n) is 17.2. The molecule has 154 valence electrons. The maximum absolute atomic E-state index is 6.02. The van der Waals surface area contributed by atoms with Gasteiger partial charge in [-0.2, -0.15) is 0 Å². The van der Waals surface area contributed by atoms with Gasteiger partial charge >= 0.3 is 0 Å². The lowest BCUT2D eigenvalue weighted by atomic mass is 9.96. The molecule has 1 atom stereocenters. The van der Waals surface area contributed by atoms with E-state index in [0.717, 1.165) is 42.8 Å². The highest BCUT2D eigenvalue weighted by atomic mass is 32.1. The van der Waals surface area contributed by atoms with Crippen molar-refractivity contribution in [1.82, 2.24) is 15.2 Å². The first-order chi connectivity index (χ1) is 14.7. The number of aromatic nitrogens is 3. The van der Waals surface area contributed by atoms with Crippen LogP contribution in [0.2, 0.25) is 0 Å². The number of para-hydroxylation sites is 1. The third kappa shape index (κ3) is 3.70. The Labute approximate surface area is 179 Å². The molecule has 2 aromatic heterocycles. The number of hydrogen-bond donors (Lipinski definition) is 1. The molecule has 1 fully saturated rings. The highest BCUT2D eigenvalue weighted by molar-refractivity contribution is 7.18. The lowest BCUT2D eigenvalue weighted by Gasteiger charge is -2.31. The molecule has 0 unspecified atom stereocenters. The zero-order chi connectivity index (χ0) is 20.5. The first-order valence-corrected chi connectivity index (χ1v) is 11.2. The average molecular weight is 422 g/mol. The van der Waals surface area contributed by atoms with Crippen LogP contribution in [0.15, 0.2) is 52.9 Å². The van der Waals surface area contributed by atoms with Gasteiger partial charge in [-0.3, -0.25) is 0 Å². The molecule has 4 aromatic rings. The Hall–Kier alpha value is -2.77. The van der Waals surface area contributed by atoms with Crippen molar-refractivity contribution < 1.29 is 14.1 Å². The fourth-order valence-electron chi connectivity index (χ4n) is 4.17. The first-order valence-electron chi connectivity index (χ1n) is 10.4. The van der Waals surface area contributed by atoms with Crippen molar-refractivity contribution in [3.8, 4) is 17.2 Å². The number of ether oxygens (including phenoxy) is 1. The van der Waals surface area contributed by atoms with Gasteiger partial charge in [-0.1, -0.05) is 12.1 Å². The second-order valence-corrected chi connectivity index (χ2v) is 8.91. The standard InChI is InChI=1S/C23H24N4O2S/c1-15(21-25-26-22(29-21)16-7-9-18(28-2)10-8-16)27-13-11-17(12-14-27)23-24-19-5-3-4-6-20(19)30-23/h3-10,15,17H,11-14H2,1-2H3/p+1/t15-/m1/s1. The van der Waals surface area contributed by atoms with Crippen LogP contribution in [0.1, 0.15) is 42.6 Å². The number of hydrogen-bond acceptors (Lipinski definition) is 6. The predicted molar refractivity (Wildman–Crippen MR) is 117 cm³/mol. The molecule has 0 bridgehead atoms. The van der Waals surface area contributed by atoms with E-state index in [-0.39, 0.29) is 6.04 Å². The van der Waals surface area contributed by atoms with Crippen LogP contribution in [-0.2, 0) is 0 Å². The summed E-state index contributed by atoms with van der Waals surface area (Å²) in [4.78, 5) is 6.37. The molecule has 0 spiro atoms. The summed E-state index contributed by atoms with van der Waals surface area (Å²) >= 11 is 1.84. The topological polar surface area (TPSA) is 65.5 Å². The number of likely N-dealkylation sites (tertiary alicyclic amines) is 1. The van der Waals surface area contributed by atoms with E-state index < -0.39 is 0 Å². The van der Waals surface area contributed by atoms with Gasteiger partial charge < -0.3 is 14.1 Å².